The molecule has 1 fully saturated rings. The van der Waals surface area contributed by atoms with Gasteiger partial charge < -0.3 is 9.64 Å². The van der Waals surface area contributed by atoms with E-state index in [1.165, 1.54) is 0 Å². The molecule has 3 rings (SSSR count). The van der Waals surface area contributed by atoms with Gasteiger partial charge >= 0.3 is 0 Å². The number of benzene rings is 1. The molecule has 0 bridgehead atoms. The van der Waals surface area contributed by atoms with E-state index in [-0.39, 0.29) is 4.34 Å². The maximum Gasteiger partial charge on any atom is 0.265 e. The Labute approximate surface area is 114 Å². The van der Waals surface area contributed by atoms with Gasteiger partial charge in [0.2, 0.25) is 4.34 Å². The predicted molar refractivity (Wildman–Crippen MR) is 74.0 cm³/mol. The van der Waals surface area contributed by atoms with E-state index in [1.54, 1.807) is 0 Å². The lowest BCUT2D eigenvalue weighted by Gasteiger charge is -2.28. The summed E-state index contributed by atoms with van der Waals surface area (Å²) in [7, 11) is -3.73. The molecule has 0 unspecified atom stereocenters. The minimum atomic E-state index is -3.73. The minimum absolute atomic E-state index is 0.0402. The van der Waals surface area contributed by atoms with Crippen molar-refractivity contribution >= 4 is 37.3 Å². The third-order valence-corrected chi connectivity index (χ3v) is 5.33. The fourth-order valence-electron chi connectivity index (χ4n) is 2.03. The number of nitrogens with zero attached hydrogens (tertiary/aromatic N) is 2. The number of nitrogens with two attached hydrogens (primary N) is 1. The van der Waals surface area contributed by atoms with E-state index in [0.717, 1.165) is 34.8 Å². The van der Waals surface area contributed by atoms with Crippen molar-refractivity contribution in [3.63, 3.8) is 0 Å². The van der Waals surface area contributed by atoms with E-state index in [0.29, 0.717) is 18.7 Å². The van der Waals surface area contributed by atoms with Gasteiger partial charge in [0, 0.05) is 18.8 Å². The number of fused-ring (bicyclic) bond motifs is 1. The number of hydrogen-bond acceptors (Lipinski definition) is 6. The average Bonchev–Trinajstić information content (AvgIpc) is 2.82. The van der Waals surface area contributed by atoms with Crippen molar-refractivity contribution in [3.8, 4) is 0 Å². The Morgan fingerprint density at radius 3 is 2.74 bits per heavy atom. The summed E-state index contributed by atoms with van der Waals surface area (Å²) in [6, 6.07) is 5.75. The molecule has 0 saturated carbocycles. The molecule has 0 aliphatic carbocycles. The summed E-state index contributed by atoms with van der Waals surface area (Å²) < 4.78 is 28.7. The van der Waals surface area contributed by atoms with Gasteiger partial charge in [-0.25, -0.2) is 18.5 Å². The van der Waals surface area contributed by atoms with Crippen LogP contribution in [0.25, 0.3) is 10.2 Å². The van der Waals surface area contributed by atoms with Crippen molar-refractivity contribution in [2.24, 2.45) is 5.14 Å². The molecule has 0 amide bonds. The number of sulfonamides is 1. The van der Waals surface area contributed by atoms with Crippen LogP contribution >= 0.6 is 11.3 Å². The van der Waals surface area contributed by atoms with Crippen molar-refractivity contribution in [1.82, 2.24) is 4.98 Å². The van der Waals surface area contributed by atoms with Crippen LogP contribution in [-0.4, -0.2) is 39.7 Å². The fraction of sp³-hybridized carbons (Fsp3) is 0.364. The zero-order chi connectivity index (χ0) is 13.5. The molecule has 2 aromatic rings. The molecule has 1 aliphatic rings. The van der Waals surface area contributed by atoms with Gasteiger partial charge in [0.1, 0.15) is 0 Å². The summed E-state index contributed by atoms with van der Waals surface area (Å²) in [6.07, 6.45) is 0. The summed E-state index contributed by atoms with van der Waals surface area (Å²) in [5, 5.41) is 5.09. The van der Waals surface area contributed by atoms with Crippen LogP contribution in [0.5, 0.6) is 0 Å². The molecule has 0 atom stereocenters. The van der Waals surface area contributed by atoms with Gasteiger partial charge in [-0.1, -0.05) is 0 Å². The topological polar surface area (TPSA) is 85.5 Å². The van der Waals surface area contributed by atoms with Gasteiger partial charge in [0.15, 0.2) is 0 Å². The van der Waals surface area contributed by atoms with Crippen molar-refractivity contribution in [2.45, 2.75) is 4.34 Å². The zero-order valence-electron chi connectivity index (χ0n) is 10.1. The number of anilines is 1. The molecule has 1 aromatic carbocycles. The van der Waals surface area contributed by atoms with Gasteiger partial charge in [0.05, 0.1) is 23.4 Å². The number of aromatic nitrogens is 1. The summed E-state index contributed by atoms with van der Waals surface area (Å²) in [5.74, 6) is 0. The largest absolute Gasteiger partial charge is 0.378 e. The fourth-order valence-corrected chi connectivity index (χ4v) is 3.67. The lowest BCUT2D eigenvalue weighted by Crippen LogP contribution is -2.36. The molecule has 0 spiro atoms. The molecule has 0 radical (unpaired) electrons. The Balaban J connectivity index is 2.00. The van der Waals surface area contributed by atoms with Crippen molar-refractivity contribution < 1.29 is 13.2 Å². The molecular formula is C11H13N3O3S2. The van der Waals surface area contributed by atoms with Crippen LogP contribution in [0, 0.1) is 0 Å². The van der Waals surface area contributed by atoms with Gasteiger partial charge in [-0.2, -0.15) is 0 Å². The Morgan fingerprint density at radius 1 is 1.32 bits per heavy atom. The summed E-state index contributed by atoms with van der Waals surface area (Å²) in [5.41, 5.74) is 1.69. The first-order valence-corrected chi connectivity index (χ1v) is 8.16. The molecule has 1 aliphatic heterocycles. The van der Waals surface area contributed by atoms with E-state index in [1.807, 2.05) is 18.2 Å². The molecule has 1 saturated heterocycles. The van der Waals surface area contributed by atoms with Crippen molar-refractivity contribution in [2.75, 3.05) is 31.2 Å². The number of rotatable bonds is 2. The molecular weight excluding hydrogens is 286 g/mol. The standard InChI is InChI=1S/C11H13N3O3S2/c12-19(15,16)11-13-9-7-8(1-2-10(9)18-11)14-3-5-17-6-4-14/h1-2,7H,3-6H2,(H2,12,15,16). The van der Waals surface area contributed by atoms with Crippen LogP contribution in [0.3, 0.4) is 0 Å². The second-order valence-electron chi connectivity index (χ2n) is 4.28. The zero-order valence-corrected chi connectivity index (χ0v) is 11.7. The number of thiazole rings is 1. The highest BCUT2D eigenvalue weighted by molar-refractivity contribution is 7.91. The Hall–Kier alpha value is -1.22. The monoisotopic (exact) mass is 299 g/mol. The number of morpholine rings is 1. The highest BCUT2D eigenvalue weighted by Crippen LogP contribution is 2.28. The summed E-state index contributed by atoms with van der Waals surface area (Å²) in [6.45, 7) is 3.07. The van der Waals surface area contributed by atoms with E-state index in [2.05, 4.69) is 9.88 Å². The van der Waals surface area contributed by atoms with E-state index in [4.69, 9.17) is 9.88 Å². The first-order valence-electron chi connectivity index (χ1n) is 5.80. The van der Waals surface area contributed by atoms with E-state index in [9.17, 15) is 8.42 Å². The smallest absolute Gasteiger partial charge is 0.265 e. The van der Waals surface area contributed by atoms with Crippen molar-refractivity contribution in [3.05, 3.63) is 18.2 Å². The average molecular weight is 299 g/mol. The Morgan fingerprint density at radius 2 is 2.05 bits per heavy atom. The number of ether oxygens (including phenoxy) is 1. The maximum absolute atomic E-state index is 11.3. The highest BCUT2D eigenvalue weighted by atomic mass is 32.2. The third-order valence-electron chi connectivity index (χ3n) is 2.97. The number of primary sulfonamides is 1. The maximum atomic E-state index is 11.3. The first-order chi connectivity index (χ1) is 9.04. The molecule has 8 heteroatoms. The van der Waals surface area contributed by atoms with Crippen LogP contribution in [0.2, 0.25) is 0 Å². The third kappa shape index (κ3) is 2.57. The molecule has 2 N–H and O–H groups in total. The van der Waals surface area contributed by atoms with Gasteiger partial charge in [-0.05, 0) is 18.2 Å². The van der Waals surface area contributed by atoms with E-state index >= 15 is 0 Å². The van der Waals surface area contributed by atoms with Crippen LogP contribution < -0.4 is 10.0 Å². The van der Waals surface area contributed by atoms with Gasteiger partial charge in [0.25, 0.3) is 10.0 Å². The summed E-state index contributed by atoms with van der Waals surface area (Å²) >= 11 is 1.09. The molecule has 102 valence electrons. The van der Waals surface area contributed by atoms with Crippen LogP contribution in [0.1, 0.15) is 0 Å². The minimum Gasteiger partial charge on any atom is -0.378 e. The highest BCUT2D eigenvalue weighted by Gasteiger charge is 2.16. The molecule has 6 nitrogen and oxygen atoms in total. The first kappa shape index (κ1) is 12.8. The quantitative estimate of drug-likeness (QED) is 0.885. The lowest BCUT2D eigenvalue weighted by molar-refractivity contribution is 0.122. The second-order valence-corrected chi connectivity index (χ2v) is 7.04. The second kappa shape index (κ2) is 4.71. The normalized spacial score (nSPS) is 17.0. The molecule has 1 aromatic heterocycles. The van der Waals surface area contributed by atoms with Gasteiger partial charge in [-0.3, -0.25) is 0 Å². The van der Waals surface area contributed by atoms with E-state index < -0.39 is 10.0 Å². The lowest BCUT2D eigenvalue weighted by atomic mass is 10.2. The van der Waals surface area contributed by atoms with Crippen LogP contribution in [-0.2, 0) is 14.8 Å². The number of hydrogen-bond donors (Lipinski definition) is 1. The SMILES string of the molecule is NS(=O)(=O)c1nc2cc(N3CCOCC3)ccc2s1. The van der Waals surface area contributed by atoms with Crippen LogP contribution in [0.4, 0.5) is 5.69 Å². The Kier molecular flexibility index (Phi) is 3.17. The van der Waals surface area contributed by atoms with Crippen LogP contribution in [0.15, 0.2) is 22.5 Å². The van der Waals surface area contributed by atoms with Crippen molar-refractivity contribution in [1.29, 1.82) is 0 Å². The molecule has 2 heterocycles. The van der Waals surface area contributed by atoms with Gasteiger partial charge in [-0.15, -0.1) is 11.3 Å². The summed E-state index contributed by atoms with van der Waals surface area (Å²) in [4.78, 5) is 6.28. The Bertz CT molecular complexity index is 705. The molecule has 19 heavy (non-hydrogen) atoms. The predicted octanol–water partition coefficient (Wildman–Crippen LogP) is 0.780.